The molecule has 4 nitrogen and oxygen atoms in total. The van der Waals surface area contributed by atoms with Crippen LogP contribution in [0, 0.1) is 13.8 Å². The Morgan fingerprint density at radius 2 is 1.71 bits per heavy atom. The molecule has 0 atom stereocenters. The number of carbonyl (C=O) groups excluding carboxylic acids is 1. The Labute approximate surface area is 141 Å². The molecule has 0 fully saturated rings. The van der Waals surface area contributed by atoms with Crippen molar-refractivity contribution >= 4 is 23.0 Å². The summed E-state index contributed by atoms with van der Waals surface area (Å²) >= 11 is 0. The van der Waals surface area contributed by atoms with E-state index in [-0.39, 0.29) is 5.91 Å². The third-order valence-corrected chi connectivity index (χ3v) is 3.69. The van der Waals surface area contributed by atoms with Gasteiger partial charge in [0.05, 0.1) is 17.4 Å². The highest BCUT2D eigenvalue weighted by atomic mass is 16.1. The number of amides is 1. The van der Waals surface area contributed by atoms with E-state index in [1.54, 1.807) is 18.5 Å². The van der Waals surface area contributed by atoms with Gasteiger partial charge in [0.15, 0.2) is 0 Å². The van der Waals surface area contributed by atoms with Gasteiger partial charge < -0.3 is 10.6 Å². The molecule has 2 N–H and O–H groups in total. The number of aromatic nitrogens is 1. The van der Waals surface area contributed by atoms with Gasteiger partial charge in [-0.3, -0.25) is 9.78 Å². The molecule has 24 heavy (non-hydrogen) atoms. The smallest absolute Gasteiger partial charge is 0.257 e. The first-order valence-corrected chi connectivity index (χ1v) is 7.77. The van der Waals surface area contributed by atoms with Gasteiger partial charge in [-0.25, -0.2) is 0 Å². The number of para-hydroxylation sites is 1. The summed E-state index contributed by atoms with van der Waals surface area (Å²) in [5.74, 6) is -0.175. The molecule has 0 unspecified atom stereocenters. The number of hydrogen-bond acceptors (Lipinski definition) is 3. The Kier molecular flexibility index (Phi) is 4.57. The summed E-state index contributed by atoms with van der Waals surface area (Å²) in [6, 6.07) is 17.5. The van der Waals surface area contributed by atoms with Crippen LogP contribution in [0.5, 0.6) is 0 Å². The third kappa shape index (κ3) is 3.79. The van der Waals surface area contributed by atoms with Crippen molar-refractivity contribution in [2.75, 3.05) is 10.6 Å². The number of rotatable bonds is 4. The number of anilines is 3. The molecule has 3 aromatic rings. The molecule has 0 aliphatic carbocycles. The minimum Gasteiger partial charge on any atom is -0.354 e. The molecular weight excluding hydrogens is 298 g/mol. The molecule has 120 valence electrons. The molecular formula is C20H19N3O. The van der Waals surface area contributed by atoms with Crippen molar-refractivity contribution in [1.82, 2.24) is 4.98 Å². The van der Waals surface area contributed by atoms with E-state index in [2.05, 4.69) is 15.6 Å². The summed E-state index contributed by atoms with van der Waals surface area (Å²) < 4.78 is 0. The zero-order valence-corrected chi connectivity index (χ0v) is 13.7. The molecule has 0 saturated heterocycles. The standard InChI is InChI=1S/C20H19N3O/c1-14-8-9-19(15(2)10-14)23-20(24)16-11-18(13-21-12-16)22-17-6-4-3-5-7-17/h3-13,22H,1-2H3,(H,23,24). The fourth-order valence-electron chi connectivity index (χ4n) is 2.47. The van der Waals surface area contributed by atoms with E-state index in [1.165, 1.54) is 5.56 Å². The number of nitrogens with zero attached hydrogens (tertiary/aromatic N) is 1. The summed E-state index contributed by atoms with van der Waals surface area (Å²) in [7, 11) is 0. The topological polar surface area (TPSA) is 54.0 Å². The van der Waals surface area contributed by atoms with Crippen molar-refractivity contribution in [1.29, 1.82) is 0 Å². The highest BCUT2D eigenvalue weighted by molar-refractivity contribution is 6.05. The number of pyridine rings is 1. The van der Waals surface area contributed by atoms with Crippen LogP contribution in [0.2, 0.25) is 0 Å². The molecule has 1 amide bonds. The van der Waals surface area contributed by atoms with Gasteiger partial charge in [0, 0.05) is 17.6 Å². The Balaban J connectivity index is 1.77. The maximum Gasteiger partial charge on any atom is 0.257 e. The van der Waals surface area contributed by atoms with E-state index < -0.39 is 0 Å². The summed E-state index contributed by atoms with van der Waals surface area (Å²) in [4.78, 5) is 16.6. The van der Waals surface area contributed by atoms with E-state index in [4.69, 9.17) is 0 Å². The molecule has 4 heteroatoms. The van der Waals surface area contributed by atoms with Crippen molar-refractivity contribution in [2.45, 2.75) is 13.8 Å². The van der Waals surface area contributed by atoms with Crippen molar-refractivity contribution in [3.63, 3.8) is 0 Å². The Bertz CT molecular complexity index is 860. The van der Waals surface area contributed by atoms with E-state index in [0.717, 1.165) is 22.6 Å². The zero-order chi connectivity index (χ0) is 16.9. The Morgan fingerprint density at radius 3 is 2.46 bits per heavy atom. The van der Waals surface area contributed by atoms with Gasteiger partial charge in [-0.15, -0.1) is 0 Å². The van der Waals surface area contributed by atoms with Gasteiger partial charge in [-0.05, 0) is 43.7 Å². The van der Waals surface area contributed by atoms with Crippen molar-refractivity contribution < 1.29 is 4.79 Å². The number of aryl methyl sites for hydroxylation is 2. The van der Waals surface area contributed by atoms with E-state index in [9.17, 15) is 4.79 Å². The summed E-state index contributed by atoms with van der Waals surface area (Å²) in [6.07, 6.45) is 3.26. The van der Waals surface area contributed by atoms with Crippen LogP contribution in [-0.4, -0.2) is 10.9 Å². The first-order valence-electron chi connectivity index (χ1n) is 7.77. The number of nitrogens with one attached hydrogen (secondary N) is 2. The number of benzene rings is 2. The lowest BCUT2D eigenvalue weighted by Crippen LogP contribution is -2.13. The SMILES string of the molecule is Cc1ccc(NC(=O)c2cncc(Nc3ccccc3)c2)c(C)c1. The molecule has 0 aliphatic rings. The van der Waals surface area contributed by atoms with Crippen molar-refractivity contribution in [3.05, 3.63) is 83.7 Å². The Hall–Kier alpha value is -3.14. The van der Waals surface area contributed by atoms with Crippen LogP contribution in [0.4, 0.5) is 17.1 Å². The number of hydrogen-bond donors (Lipinski definition) is 2. The minimum absolute atomic E-state index is 0.175. The quantitative estimate of drug-likeness (QED) is 0.733. The summed E-state index contributed by atoms with van der Waals surface area (Å²) in [5.41, 5.74) is 5.25. The predicted octanol–water partition coefficient (Wildman–Crippen LogP) is 4.69. The van der Waals surface area contributed by atoms with Crippen LogP contribution in [-0.2, 0) is 0 Å². The average molecular weight is 317 g/mol. The van der Waals surface area contributed by atoms with Crippen LogP contribution >= 0.6 is 0 Å². The molecule has 2 aromatic carbocycles. The van der Waals surface area contributed by atoms with Crippen LogP contribution in [0.15, 0.2) is 67.0 Å². The molecule has 0 bridgehead atoms. The Morgan fingerprint density at radius 1 is 0.917 bits per heavy atom. The summed E-state index contributed by atoms with van der Waals surface area (Å²) in [5, 5.41) is 6.18. The lowest BCUT2D eigenvalue weighted by molar-refractivity contribution is 0.102. The predicted molar refractivity (Wildman–Crippen MR) is 97.8 cm³/mol. The summed E-state index contributed by atoms with van der Waals surface area (Å²) in [6.45, 7) is 4.01. The van der Waals surface area contributed by atoms with Gasteiger partial charge in [0.25, 0.3) is 5.91 Å². The monoisotopic (exact) mass is 317 g/mol. The molecule has 0 aliphatic heterocycles. The lowest BCUT2D eigenvalue weighted by Gasteiger charge is -2.10. The van der Waals surface area contributed by atoms with Gasteiger partial charge >= 0.3 is 0 Å². The second-order valence-corrected chi connectivity index (χ2v) is 5.73. The van der Waals surface area contributed by atoms with Crippen LogP contribution in [0.1, 0.15) is 21.5 Å². The van der Waals surface area contributed by atoms with Crippen LogP contribution in [0.25, 0.3) is 0 Å². The molecule has 0 spiro atoms. The van der Waals surface area contributed by atoms with Crippen LogP contribution in [0.3, 0.4) is 0 Å². The van der Waals surface area contributed by atoms with E-state index in [0.29, 0.717) is 5.56 Å². The normalized spacial score (nSPS) is 10.2. The fraction of sp³-hybridized carbons (Fsp3) is 0.100. The van der Waals surface area contributed by atoms with Gasteiger partial charge in [0.1, 0.15) is 0 Å². The van der Waals surface area contributed by atoms with Crippen molar-refractivity contribution in [2.24, 2.45) is 0 Å². The van der Waals surface area contributed by atoms with E-state index >= 15 is 0 Å². The van der Waals surface area contributed by atoms with Gasteiger partial charge in [-0.2, -0.15) is 0 Å². The maximum atomic E-state index is 12.5. The maximum absolute atomic E-state index is 12.5. The van der Waals surface area contributed by atoms with Crippen LogP contribution < -0.4 is 10.6 Å². The molecule has 0 radical (unpaired) electrons. The zero-order valence-electron chi connectivity index (χ0n) is 13.7. The lowest BCUT2D eigenvalue weighted by atomic mass is 10.1. The first kappa shape index (κ1) is 15.7. The molecule has 1 aromatic heterocycles. The molecule has 0 saturated carbocycles. The highest BCUT2D eigenvalue weighted by Crippen LogP contribution is 2.19. The second-order valence-electron chi connectivity index (χ2n) is 5.73. The van der Waals surface area contributed by atoms with Crippen molar-refractivity contribution in [3.8, 4) is 0 Å². The first-order chi connectivity index (χ1) is 11.6. The highest BCUT2D eigenvalue weighted by Gasteiger charge is 2.09. The minimum atomic E-state index is -0.175. The molecule has 1 heterocycles. The molecule has 3 rings (SSSR count). The number of carbonyl (C=O) groups is 1. The average Bonchev–Trinajstić information content (AvgIpc) is 2.58. The fourth-order valence-corrected chi connectivity index (χ4v) is 2.47. The van der Waals surface area contributed by atoms with E-state index in [1.807, 2.05) is 62.4 Å². The third-order valence-electron chi connectivity index (χ3n) is 3.69. The largest absolute Gasteiger partial charge is 0.354 e. The van der Waals surface area contributed by atoms with Gasteiger partial charge in [0.2, 0.25) is 0 Å². The van der Waals surface area contributed by atoms with Gasteiger partial charge in [-0.1, -0.05) is 35.9 Å². The second kappa shape index (κ2) is 6.96.